The van der Waals surface area contributed by atoms with Crippen LogP contribution < -0.4 is 15.4 Å². The highest BCUT2D eigenvalue weighted by molar-refractivity contribution is 14.0. The molecule has 0 aliphatic rings. The largest absolute Gasteiger partial charge is 0.497 e. The van der Waals surface area contributed by atoms with E-state index in [0.717, 1.165) is 37.6 Å². The van der Waals surface area contributed by atoms with Gasteiger partial charge >= 0.3 is 0 Å². The molecule has 2 N–H and O–H groups in total. The van der Waals surface area contributed by atoms with Crippen molar-refractivity contribution in [1.82, 2.24) is 20.4 Å². The number of methoxy groups -OCH3 is 1. The van der Waals surface area contributed by atoms with Crippen molar-refractivity contribution in [2.45, 2.75) is 25.9 Å². The zero-order valence-electron chi connectivity index (χ0n) is 17.5. The van der Waals surface area contributed by atoms with Crippen molar-refractivity contribution >= 4 is 29.9 Å². The van der Waals surface area contributed by atoms with Gasteiger partial charge in [0.1, 0.15) is 5.75 Å². The number of aliphatic imine (C=N–C) groups is 1. The van der Waals surface area contributed by atoms with Crippen molar-refractivity contribution in [3.63, 3.8) is 0 Å². The summed E-state index contributed by atoms with van der Waals surface area (Å²) < 4.78 is 7.22. The summed E-state index contributed by atoms with van der Waals surface area (Å²) in [6.07, 6.45) is 5.79. The van der Waals surface area contributed by atoms with E-state index in [0.29, 0.717) is 6.54 Å². The molecular weight excluding hydrogens is 489 g/mol. The van der Waals surface area contributed by atoms with Gasteiger partial charge in [0.15, 0.2) is 5.96 Å². The quantitative estimate of drug-likeness (QED) is 0.195. The van der Waals surface area contributed by atoms with Crippen LogP contribution in [-0.4, -0.2) is 36.4 Å². The molecule has 0 spiro atoms. The normalized spacial score (nSPS) is 10.9. The molecule has 7 heteroatoms. The molecule has 0 bridgehead atoms. The predicted molar refractivity (Wildman–Crippen MR) is 133 cm³/mol. The summed E-state index contributed by atoms with van der Waals surface area (Å²) in [5.74, 6) is 1.71. The minimum atomic E-state index is 0. The Labute approximate surface area is 195 Å². The Morgan fingerprint density at radius 1 is 1.07 bits per heavy atom. The molecule has 0 saturated heterocycles. The number of benzene rings is 2. The van der Waals surface area contributed by atoms with E-state index in [2.05, 4.69) is 57.1 Å². The molecule has 0 fully saturated rings. The molecule has 0 atom stereocenters. The van der Waals surface area contributed by atoms with Gasteiger partial charge in [-0.1, -0.05) is 36.4 Å². The van der Waals surface area contributed by atoms with Crippen molar-refractivity contribution in [2.24, 2.45) is 4.99 Å². The number of hydrogen-bond donors (Lipinski definition) is 2. The van der Waals surface area contributed by atoms with Gasteiger partial charge in [0.25, 0.3) is 0 Å². The lowest BCUT2D eigenvalue weighted by atomic mass is 10.1. The second-order valence-corrected chi connectivity index (χ2v) is 6.78. The smallest absolute Gasteiger partial charge is 0.191 e. The number of rotatable bonds is 9. The molecule has 1 aromatic heterocycles. The van der Waals surface area contributed by atoms with E-state index < -0.39 is 0 Å². The molecule has 3 aromatic rings. The number of nitrogens with one attached hydrogen (secondary N) is 2. The fourth-order valence-corrected chi connectivity index (χ4v) is 3.18. The molecule has 6 nitrogen and oxygen atoms in total. The molecule has 3 rings (SSSR count). The Kier molecular flexibility index (Phi) is 10.2. The van der Waals surface area contributed by atoms with Crippen LogP contribution in [0.5, 0.6) is 5.75 Å². The van der Waals surface area contributed by atoms with Gasteiger partial charge in [-0.05, 0) is 47.7 Å². The van der Waals surface area contributed by atoms with Crippen molar-refractivity contribution < 1.29 is 4.74 Å². The number of guanidine groups is 1. The summed E-state index contributed by atoms with van der Waals surface area (Å²) >= 11 is 0. The van der Waals surface area contributed by atoms with Crippen molar-refractivity contribution in [1.29, 1.82) is 0 Å². The second kappa shape index (κ2) is 12.9. The van der Waals surface area contributed by atoms with E-state index in [9.17, 15) is 0 Å². The lowest BCUT2D eigenvalue weighted by Crippen LogP contribution is -2.37. The molecular formula is C23H30IN5O. The minimum Gasteiger partial charge on any atom is -0.497 e. The Bertz CT molecular complexity index is 911. The molecule has 0 unspecified atom stereocenters. The molecule has 0 radical (unpaired) electrons. The summed E-state index contributed by atoms with van der Waals surface area (Å²) in [5.41, 5.74) is 3.76. The zero-order chi connectivity index (χ0) is 20.3. The Morgan fingerprint density at radius 3 is 2.63 bits per heavy atom. The summed E-state index contributed by atoms with van der Waals surface area (Å²) in [7, 11) is 3.50. The van der Waals surface area contributed by atoms with Crippen molar-refractivity contribution in [3.05, 3.63) is 83.7 Å². The lowest BCUT2D eigenvalue weighted by Gasteiger charge is -2.14. The standard InChI is InChI=1S/C23H29N5O.HI/c1-24-23(25-13-6-9-19-8-5-12-22(16-19)29-2)26-17-20-10-3-4-11-21(20)18-28-15-7-14-27-28;/h3-5,7-8,10-12,14-16H,6,9,13,17-18H2,1-2H3,(H2,24,25,26);1H. The molecule has 0 aliphatic carbocycles. The van der Waals surface area contributed by atoms with Gasteiger partial charge in [-0.15, -0.1) is 24.0 Å². The summed E-state index contributed by atoms with van der Waals surface area (Å²) in [6, 6.07) is 18.6. The van der Waals surface area contributed by atoms with Crippen LogP contribution in [0.3, 0.4) is 0 Å². The number of aryl methyl sites for hydroxylation is 1. The fraction of sp³-hybridized carbons (Fsp3) is 0.304. The fourth-order valence-electron chi connectivity index (χ4n) is 3.18. The van der Waals surface area contributed by atoms with Crippen LogP contribution in [0.4, 0.5) is 0 Å². The number of ether oxygens (including phenoxy) is 1. The number of halogens is 1. The van der Waals surface area contributed by atoms with Gasteiger partial charge in [-0.3, -0.25) is 9.67 Å². The molecule has 160 valence electrons. The summed E-state index contributed by atoms with van der Waals surface area (Å²) in [4.78, 5) is 4.34. The van der Waals surface area contributed by atoms with E-state index in [1.54, 1.807) is 20.4 Å². The summed E-state index contributed by atoms with van der Waals surface area (Å²) in [5, 5.41) is 11.1. The van der Waals surface area contributed by atoms with Gasteiger partial charge in [0, 0.05) is 32.5 Å². The molecule has 0 saturated carbocycles. The van der Waals surface area contributed by atoms with Crippen LogP contribution in [0.25, 0.3) is 0 Å². The molecule has 0 aliphatic heterocycles. The molecule has 0 amide bonds. The third kappa shape index (κ3) is 7.37. The first-order valence-electron chi connectivity index (χ1n) is 9.90. The third-order valence-corrected chi connectivity index (χ3v) is 4.75. The van der Waals surface area contributed by atoms with E-state index in [1.807, 2.05) is 29.1 Å². The average Bonchev–Trinajstić information content (AvgIpc) is 3.27. The molecule has 2 aromatic carbocycles. The first-order chi connectivity index (χ1) is 14.3. The second-order valence-electron chi connectivity index (χ2n) is 6.78. The maximum atomic E-state index is 5.28. The molecule has 30 heavy (non-hydrogen) atoms. The van der Waals surface area contributed by atoms with Crippen LogP contribution in [-0.2, 0) is 19.5 Å². The van der Waals surface area contributed by atoms with E-state index >= 15 is 0 Å². The minimum absolute atomic E-state index is 0. The summed E-state index contributed by atoms with van der Waals surface area (Å²) in [6.45, 7) is 2.33. The third-order valence-electron chi connectivity index (χ3n) is 4.75. The van der Waals surface area contributed by atoms with Crippen molar-refractivity contribution in [2.75, 3.05) is 20.7 Å². The van der Waals surface area contributed by atoms with E-state index in [1.165, 1.54) is 16.7 Å². The topological polar surface area (TPSA) is 63.5 Å². The highest BCUT2D eigenvalue weighted by Crippen LogP contribution is 2.13. The van der Waals surface area contributed by atoms with Crippen LogP contribution in [0.2, 0.25) is 0 Å². The number of hydrogen-bond acceptors (Lipinski definition) is 3. The average molecular weight is 519 g/mol. The maximum Gasteiger partial charge on any atom is 0.191 e. The first kappa shape index (κ1) is 23.7. The maximum absolute atomic E-state index is 5.28. The monoisotopic (exact) mass is 519 g/mol. The first-order valence-corrected chi connectivity index (χ1v) is 9.90. The SMILES string of the molecule is CN=C(NCCCc1cccc(OC)c1)NCc1ccccc1Cn1cccn1.I. The van der Waals surface area contributed by atoms with Gasteiger partial charge in [0.05, 0.1) is 13.7 Å². The van der Waals surface area contributed by atoms with Crippen LogP contribution in [0.15, 0.2) is 72.0 Å². The number of nitrogens with zero attached hydrogens (tertiary/aromatic N) is 3. The highest BCUT2D eigenvalue weighted by Gasteiger charge is 2.05. The van der Waals surface area contributed by atoms with Gasteiger partial charge in [-0.25, -0.2) is 0 Å². The Balaban J connectivity index is 0.00000320. The van der Waals surface area contributed by atoms with Crippen LogP contribution in [0, 0.1) is 0 Å². The van der Waals surface area contributed by atoms with Gasteiger partial charge < -0.3 is 15.4 Å². The van der Waals surface area contributed by atoms with Crippen LogP contribution in [0.1, 0.15) is 23.1 Å². The lowest BCUT2D eigenvalue weighted by molar-refractivity contribution is 0.414. The van der Waals surface area contributed by atoms with Gasteiger partial charge in [0.2, 0.25) is 0 Å². The van der Waals surface area contributed by atoms with Crippen LogP contribution >= 0.6 is 24.0 Å². The van der Waals surface area contributed by atoms with E-state index in [4.69, 9.17) is 4.74 Å². The Morgan fingerprint density at radius 2 is 1.90 bits per heavy atom. The molecule has 1 heterocycles. The van der Waals surface area contributed by atoms with E-state index in [-0.39, 0.29) is 24.0 Å². The zero-order valence-corrected chi connectivity index (χ0v) is 19.9. The van der Waals surface area contributed by atoms with Gasteiger partial charge in [-0.2, -0.15) is 5.10 Å². The highest BCUT2D eigenvalue weighted by atomic mass is 127. The Hall–Kier alpha value is -2.55. The van der Waals surface area contributed by atoms with Crippen molar-refractivity contribution in [3.8, 4) is 5.75 Å². The number of aromatic nitrogens is 2. The predicted octanol–water partition coefficient (Wildman–Crippen LogP) is 3.86.